The van der Waals surface area contributed by atoms with Gasteiger partial charge in [-0.05, 0) is 42.7 Å². The predicted molar refractivity (Wildman–Crippen MR) is 85.9 cm³/mol. The Morgan fingerprint density at radius 3 is 2.86 bits per heavy atom. The third kappa shape index (κ3) is 2.18. The van der Waals surface area contributed by atoms with Crippen molar-refractivity contribution in [3.05, 3.63) is 42.1 Å². The van der Waals surface area contributed by atoms with Crippen LogP contribution in [0.3, 0.4) is 0 Å². The van der Waals surface area contributed by atoms with Crippen molar-refractivity contribution in [2.45, 2.75) is 31.8 Å². The van der Waals surface area contributed by atoms with Crippen molar-refractivity contribution in [3.63, 3.8) is 0 Å². The SMILES string of the molecule is NC1C2CCC(C2)C1C(=O)NCc1cccc2cccnc12. The van der Waals surface area contributed by atoms with Crippen molar-refractivity contribution < 1.29 is 4.79 Å². The quantitative estimate of drug-likeness (QED) is 0.912. The highest BCUT2D eigenvalue weighted by Gasteiger charge is 2.48. The highest BCUT2D eigenvalue weighted by molar-refractivity contribution is 5.83. The lowest BCUT2D eigenvalue weighted by molar-refractivity contribution is -0.127. The van der Waals surface area contributed by atoms with E-state index in [2.05, 4.69) is 10.3 Å². The molecule has 0 saturated heterocycles. The topological polar surface area (TPSA) is 68.0 Å². The first-order valence-corrected chi connectivity index (χ1v) is 8.10. The van der Waals surface area contributed by atoms with Crippen LogP contribution in [0.15, 0.2) is 36.5 Å². The number of hydrogen-bond donors (Lipinski definition) is 2. The van der Waals surface area contributed by atoms with Gasteiger partial charge >= 0.3 is 0 Å². The van der Waals surface area contributed by atoms with E-state index in [1.807, 2.05) is 30.3 Å². The summed E-state index contributed by atoms with van der Waals surface area (Å²) < 4.78 is 0. The molecule has 1 heterocycles. The lowest BCUT2D eigenvalue weighted by Crippen LogP contribution is -2.45. The number of nitrogens with one attached hydrogen (secondary N) is 1. The van der Waals surface area contributed by atoms with Crippen molar-refractivity contribution >= 4 is 16.8 Å². The molecule has 0 radical (unpaired) electrons. The molecule has 4 rings (SSSR count). The third-order valence-corrected chi connectivity index (χ3v) is 5.45. The molecule has 2 aliphatic carbocycles. The summed E-state index contributed by atoms with van der Waals surface area (Å²) in [7, 11) is 0. The molecule has 2 saturated carbocycles. The Hall–Kier alpha value is -1.94. The number of fused-ring (bicyclic) bond motifs is 3. The van der Waals surface area contributed by atoms with Crippen LogP contribution in [-0.2, 0) is 11.3 Å². The van der Waals surface area contributed by atoms with Crippen molar-refractivity contribution in [2.75, 3.05) is 0 Å². The van der Waals surface area contributed by atoms with Crippen molar-refractivity contribution in [3.8, 4) is 0 Å². The molecule has 1 aromatic heterocycles. The van der Waals surface area contributed by atoms with Crippen molar-refractivity contribution in [1.29, 1.82) is 0 Å². The zero-order valence-electron chi connectivity index (χ0n) is 12.5. The van der Waals surface area contributed by atoms with Gasteiger partial charge in [0.1, 0.15) is 0 Å². The normalized spacial score (nSPS) is 29.9. The van der Waals surface area contributed by atoms with Crippen LogP contribution in [0.25, 0.3) is 10.9 Å². The summed E-state index contributed by atoms with van der Waals surface area (Å²) in [6.45, 7) is 0.522. The number of carbonyl (C=O) groups excluding carboxylic acids is 1. The molecular weight excluding hydrogens is 274 g/mol. The fourth-order valence-corrected chi connectivity index (χ4v) is 4.34. The average Bonchev–Trinajstić information content (AvgIpc) is 3.13. The molecule has 1 aromatic carbocycles. The number of rotatable bonds is 3. The number of hydrogen-bond acceptors (Lipinski definition) is 3. The van der Waals surface area contributed by atoms with E-state index in [1.54, 1.807) is 6.20 Å². The number of para-hydroxylation sites is 1. The summed E-state index contributed by atoms with van der Waals surface area (Å²) in [5.41, 5.74) is 8.27. The minimum Gasteiger partial charge on any atom is -0.352 e. The van der Waals surface area contributed by atoms with E-state index < -0.39 is 0 Å². The summed E-state index contributed by atoms with van der Waals surface area (Å²) in [6, 6.07) is 10.1. The first-order chi connectivity index (χ1) is 10.7. The standard InChI is InChI=1S/C18H21N3O/c19-16-13-7-6-12(9-13)15(16)18(22)21-10-14-4-1-3-11-5-2-8-20-17(11)14/h1-5,8,12-13,15-16H,6-7,9-10,19H2,(H,21,22). The van der Waals surface area contributed by atoms with Gasteiger partial charge in [-0.25, -0.2) is 0 Å². The zero-order chi connectivity index (χ0) is 15.1. The number of nitrogens with two attached hydrogens (primary N) is 1. The highest BCUT2D eigenvalue weighted by atomic mass is 16.1. The van der Waals surface area contributed by atoms with Crippen LogP contribution >= 0.6 is 0 Å². The Morgan fingerprint density at radius 1 is 1.23 bits per heavy atom. The summed E-state index contributed by atoms with van der Waals surface area (Å²) in [5.74, 6) is 1.17. The van der Waals surface area contributed by atoms with E-state index in [4.69, 9.17) is 5.73 Å². The van der Waals surface area contributed by atoms with Crippen LogP contribution in [-0.4, -0.2) is 16.9 Å². The molecule has 4 atom stereocenters. The molecule has 2 aromatic rings. The lowest BCUT2D eigenvalue weighted by atomic mass is 9.84. The predicted octanol–water partition coefficient (Wildman–Crippen LogP) is 2.22. The van der Waals surface area contributed by atoms with Crippen molar-refractivity contribution in [2.24, 2.45) is 23.5 Å². The van der Waals surface area contributed by atoms with E-state index >= 15 is 0 Å². The molecule has 3 N–H and O–H groups in total. The molecule has 2 bridgehead atoms. The Balaban J connectivity index is 1.49. The molecular formula is C18H21N3O. The molecule has 4 heteroatoms. The number of nitrogens with zero attached hydrogens (tertiary/aromatic N) is 1. The average molecular weight is 295 g/mol. The molecule has 114 valence electrons. The molecule has 2 aliphatic rings. The summed E-state index contributed by atoms with van der Waals surface area (Å²) in [4.78, 5) is 17.0. The maximum atomic E-state index is 12.5. The molecule has 4 nitrogen and oxygen atoms in total. The van der Waals surface area contributed by atoms with Gasteiger partial charge in [0.15, 0.2) is 0 Å². The van der Waals surface area contributed by atoms with Crippen LogP contribution in [0.4, 0.5) is 0 Å². The molecule has 22 heavy (non-hydrogen) atoms. The van der Waals surface area contributed by atoms with E-state index in [-0.39, 0.29) is 17.9 Å². The van der Waals surface area contributed by atoms with Gasteiger partial charge in [0.2, 0.25) is 5.91 Å². The smallest absolute Gasteiger partial charge is 0.225 e. The Kier molecular flexibility index (Phi) is 3.34. The van der Waals surface area contributed by atoms with Gasteiger partial charge in [-0.15, -0.1) is 0 Å². The monoisotopic (exact) mass is 295 g/mol. The fourth-order valence-electron chi connectivity index (χ4n) is 4.34. The zero-order valence-corrected chi connectivity index (χ0v) is 12.5. The minimum atomic E-state index is 0.00156. The summed E-state index contributed by atoms with van der Waals surface area (Å²) >= 11 is 0. The first-order valence-electron chi connectivity index (χ1n) is 8.10. The highest BCUT2D eigenvalue weighted by Crippen LogP contribution is 2.47. The van der Waals surface area contributed by atoms with Crippen molar-refractivity contribution in [1.82, 2.24) is 10.3 Å². The van der Waals surface area contributed by atoms with Crippen LogP contribution < -0.4 is 11.1 Å². The van der Waals surface area contributed by atoms with Gasteiger partial charge in [-0.3, -0.25) is 9.78 Å². The van der Waals surface area contributed by atoms with E-state index in [0.717, 1.165) is 29.3 Å². The van der Waals surface area contributed by atoms with Crippen LogP contribution in [0.5, 0.6) is 0 Å². The maximum Gasteiger partial charge on any atom is 0.225 e. The molecule has 4 unspecified atom stereocenters. The molecule has 0 spiro atoms. The Bertz CT molecular complexity index is 707. The fraction of sp³-hybridized carbons (Fsp3) is 0.444. The molecule has 1 amide bonds. The Morgan fingerprint density at radius 2 is 2.05 bits per heavy atom. The first kappa shape index (κ1) is 13.7. The number of aromatic nitrogens is 1. The van der Waals surface area contributed by atoms with Crippen LogP contribution in [0.1, 0.15) is 24.8 Å². The second-order valence-electron chi connectivity index (χ2n) is 6.65. The second-order valence-corrected chi connectivity index (χ2v) is 6.65. The van der Waals surface area contributed by atoms with Gasteiger partial charge < -0.3 is 11.1 Å². The molecule has 2 fully saturated rings. The maximum absolute atomic E-state index is 12.5. The minimum absolute atomic E-state index is 0.00156. The van der Waals surface area contributed by atoms with Gasteiger partial charge in [0, 0.05) is 24.2 Å². The van der Waals surface area contributed by atoms with Gasteiger partial charge in [0.25, 0.3) is 0 Å². The number of pyridine rings is 1. The lowest BCUT2D eigenvalue weighted by Gasteiger charge is -2.27. The number of carbonyl (C=O) groups is 1. The number of amides is 1. The van der Waals surface area contributed by atoms with E-state index in [9.17, 15) is 4.79 Å². The second kappa shape index (κ2) is 5.36. The van der Waals surface area contributed by atoms with E-state index in [0.29, 0.717) is 18.4 Å². The van der Waals surface area contributed by atoms with Gasteiger partial charge in [-0.1, -0.05) is 24.3 Å². The van der Waals surface area contributed by atoms with Gasteiger partial charge in [-0.2, -0.15) is 0 Å². The number of benzene rings is 1. The van der Waals surface area contributed by atoms with Crippen LogP contribution in [0.2, 0.25) is 0 Å². The van der Waals surface area contributed by atoms with Gasteiger partial charge in [0.05, 0.1) is 11.4 Å². The molecule has 0 aliphatic heterocycles. The van der Waals surface area contributed by atoms with Crippen LogP contribution in [0, 0.1) is 17.8 Å². The largest absolute Gasteiger partial charge is 0.352 e. The third-order valence-electron chi connectivity index (χ3n) is 5.45. The van der Waals surface area contributed by atoms with E-state index in [1.165, 1.54) is 6.42 Å². The summed E-state index contributed by atoms with van der Waals surface area (Å²) in [5, 5.41) is 4.19. The Labute approximate surface area is 130 Å². The summed E-state index contributed by atoms with van der Waals surface area (Å²) in [6.07, 6.45) is 5.28.